The van der Waals surface area contributed by atoms with E-state index in [0.717, 1.165) is 12.0 Å². The molecule has 2 aliphatic rings. The Balaban J connectivity index is 1.59. The Morgan fingerprint density at radius 1 is 1.24 bits per heavy atom. The van der Waals surface area contributed by atoms with Crippen molar-refractivity contribution < 1.29 is 9.18 Å². The Bertz CT molecular complexity index is 1030. The van der Waals surface area contributed by atoms with Crippen molar-refractivity contribution in [2.75, 3.05) is 11.9 Å². The van der Waals surface area contributed by atoms with Crippen LogP contribution in [0.4, 0.5) is 15.8 Å². The molecule has 0 bridgehead atoms. The number of nitrogens with zero attached hydrogens (tertiary/aromatic N) is 2. The van der Waals surface area contributed by atoms with Crippen LogP contribution >= 0.6 is 11.8 Å². The summed E-state index contributed by atoms with van der Waals surface area (Å²) < 4.78 is 13.0. The zero-order chi connectivity index (χ0) is 20.8. The summed E-state index contributed by atoms with van der Waals surface area (Å²) in [6.45, 7) is 6.79. The molecule has 1 amide bonds. The molecule has 0 saturated carbocycles. The molecular weight excluding hydrogens is 385 g/mol. The van der Waals surface area contributed by atoms with E-state index in [1.807, 2.05) is 6.08 Å². The summed E-state index contributed by atoms with van der Waals surface area (Å²) in [4.78, 5) is 19.7. The number of anilines is 1. The number of amidine groups is 1. The maximum Gasteiger partial charge on any atom is 0.264 e. The van der Waals surface area contributed by atoms with Crippen molar-refractivity contribution in [3.05, 3.63) is 64.3 Å². The molecule has 1 unspecified atom stereocenters. The van der Waals surface area contributed by atoms with Crippen molar-refractivity contribution >= 4 is 40.3 Å². The van der Waals surface area contributed by atoms with E-state index in [1.54, 1.807) is 12.1 Å². The van der Waals surface area contributed by atoms with E-state index >= 15 is 0 Å². The third-order valence-electron chi connectivity index (χ3n) is 5.66. The standard InChI is InChI=1S/C23H24FN3OS/c1-14-13-23(2,3)27(4)19-10-5-15(11-18(14)19)12-20-21(28)26-22(29-20)25-17-8-6-16(24)7-9-17/h5-12,14H,13H2,1-4H3,(H,25,26,28)/b20-12+. The van der Waals surface area contributed by atoms with Crippen LogP contribution in [0.2, 0.25) is 0 Å². The van der Waals surface area contributed by atoms with Gasteiger partial charge in [-0.05, 0) is 91.5 Å². The number of nitrogens with one attached hydrogen (secondary N) is 1. The zero-order valence-corrected chi connectivity index (χ0v) is 17.8. The van der Waals surface area contributed by atoms with Crippen LogP contribution in [0.5, 0.6) is 0 Å². The highest BCUT2D eigenvalue weighted by Crippen LogP contribution is 2.43. The van der Waals surface area contributed by atoms with E-state index in [2.05, 4.69) is 61.2 Å². The second-order valence-corrected chi connectivity index (χ2v) is 9.28. The second kappa shape index (κ2) is 7.34. The molecule has 1 N–H and O–H groups in total. The number of carbonyl (C=O) groups is 1. The lowest BCUT2D eigenvalue weighted by Crippen LogP contribution is -2.45. The van der Waals surface area contributed by atoms with Crippen LogP contribution in [0.25, 0.3) is 6.08 Å². The maximum absolute atomic E-state index is 13.0. The van der Waals surface area contributed by atoms with Gasteiger partial charge in [-0.2, -0.15) is 0 Å². The minimum absolute atomic E-state index is 0.124. The fourth-order valence-corrected chi connectivity index (χ4v) is 4.79. The molecule has 150 valence electrons. The van der Waals surface area contributed by atoms with Crippen molar-refractivity contribution in [3.63, 3.8) is 0 Å². The Hall–Kier alpha value is -2.60. The third kappa shape index (κ3) is 3.94. The monoisotopic (exact) mass is 409 g/mol. The van der Waals surface area contributed by atoms with Crippen LogP contribution < -0.4 is 10.2 Å². The smallest absolute Gasteiger partial charge is 0.264 e. The first-order chi connectivity index (χ1) is 13.7. The molecule has 0 aromatic heterocycles. The van der Waals surface area contributed by atoms with Crippen molar-refractivity contribution in [3.8, 4) is 0 Å². The summed E-state index contributed by atoms with van der Waals surface area (Å²) in [6, 6.07) is 12.2. The minimum Gasteiger partial charge on any atom is -0.369 e. The fourth-order valence-electron chi connectivity index (χ4n) is 3.95. The highest BCUT2D eigenvalue weighted by molar-refractivity contribution is 8.18. The van der Waals surface area contributed by atoms with Gasteiger partial charge in [0.05, 0.1) is 10.6 Å². The third-order valence-corrected chi connectivity index (χ3v) is 6.57. The molecule has 6 heteroatoms. The van der Waals surface area contributed by atoms with Crippen molar-refractivity contribution in [2.24, 2.45) is 4.99 Å². The predicted octanol–water partition coefficient (Wildman–Crippen LogP) is 5.44. The lowest BCUT2D eigenvalue weighted by atomic mass is 9.80. The van der Waals surface area contributed by atoms with Gasteiger partial charge >= 0.3 is 0 Å². The van der Waals surface area contributed by atoms with Gasteiger partial charge in [-0.1, -0.05) is 13.0 Å². The topological polar surface area (TPSA) is 44.7 Å². The summed E-state index contributed by atoms with van der Waals surface area (Å²) in [5, 5.41) is 3.28. The number of rotatable bonds is 2. The number of amides is 1. The average Bonchev–Trinajstić information content (AvgIpc) is 3.00. The van der Waals surface area contributed by atoms with E-state index in [0.29, 0.717) is 21.7 Å². The van der Waals surface area contributed by atoms with Gasteiger partial charge in [0.1, 0.15) is 5.82 Å². The van der Waals surface area contributed by atoms with Crippen molar-refractivity contribution in [1.82, 2.24) is 5.32 Å². The fraction of sp³-hybridized carbons (Fsp3) is 0.304. The normalized spacial score (nSPS) is 23.4. The van der Waals surface area contributed by atoms with E-state index < -0.39 is 0 Å². The molecule has 4 nitrogen and oxygen atoms in total. The van der Waals surface area contributed by atoms with Gasteiger partial charge in [0.25, 0.3) is 5.91 Å². The zero-order valence-electron chi connectivity index (χ0n) is 17.0. The van der Waals surface area contributed by atoms with Gasteiger partial charge < -0.3 is 10.2 Å². The molecule has 2 aliphatic heterocycles. The molecule has 2 aromatic carbocycles. The summed E-state index contributed by atoms with van der Waals surface area (Å²) in [6.07, 6.45) is 2.99. The maximum atomic E-state index is 13.0. The number of halogens is 1. The van der Waals surface area contributed by atoms with Crippen LogP contribution in [0.1, 0.15) is 44.2 Å². The van der Waals surface area contributed by atoms with Gasteiger partial charge in [-0.25, -0.2) is 9.38 Å². The molecule has 0 aliphatic carbocycles. The summed E-state index contributed by atoms with van der Waals surface area (Å²) in [5.41, 5.74) is 4.29. The Morgan fingerprint density at radius 3 is 2.69 bits per heavy atom. The predicted molar refractivity (Wildman–Crippen MR) is 119 cm³/mol. The first-order valence-electron chi connectivity index (χ1n) is 9.66. The number of carbonyl (C=O) groups excluding carboxylic acids is 1. The number of fused-ring (bicyclic) bond motifs is 1. The lowest BCUT2D eigenvalue weighted by molar-refractivity contribution is -0.115. The van der Waals surface area contributed by atoms with Gasteiger partial charge in [0.15, 0.2) is 5.17 Å². The second-order valence-electron chi connectivity index (χ2n) is 8.25. The Kier molecular flexibility index (Phi) is 4.99. The highest BCUT2D eigenvalue weighted by atomic mass is 32.2. The molecule has 0 spiro atoms. The summed E-state index contributed by atoms with van der Waals surface area (Å²) in [5.74, 6) is -0.0246. The Labute approximate surface area is 174 Å². The number of benzene rings is 2. The number of hydrogen-bond acceptors (Lipinski definition) is 4. The van der Waals surface area contributed by atoms with Crippen LogP contribution in [-0.4, -0.2) is 23.7 Å². The quantitative estimate of drug-likeness (QED) is 0.672. The van der Waals surface area contributed by atoms with Crippen LogP contribution in [0.15, 0.2) is 52.4 Å². The van der Waals surface area contributed by atoms with Crippen LogP contribution in [0, 0.1) is 5.82 Å². The minimum atomic E-state index is -0.312. The first kappa shape index (κ1) is 19.7. The average molecular weight is 410 g/mol. The van der Waals surface area contributed by atoms with E-state index in [9.17, 15) is 9.18 Å². The van der Waals surface area contributed by atoms with Gasteiger partial charge in [0, 0.05) is 18.3 Å². The number of thioether (sulfide) groups is 1. The number of aliphatic imine (C=N–C) groups is 1. The van der Waals surface area contributed by atoms with Crippen molar-refractivity contribution in [2.45, 2.75) is 38.6 Å². The van der Waals surface area contributed by atoms with Crippen molar-refractivity contribution in [1.29, 1.82) is 0 Å². The van der Waals surface area contributed by atoms with Crippen LogP contribution in [0.3, 0.4) is 0 Å². The SMILES string of the molecule is CC1CC(C)(C)N(C)c2ccc(/C=C3/SC(=Nc4ccc(F)cc4)NC3=O)cc21. The van der Waals surface area contributed by atoms with Gasteiger partial charge in [-0.3, -0.25) is 4.79 Å². The van der Waals surface area contributed by atoms with Crippen LogP contribution in [-0.2, 0) is 4.79 Å². The van der Waals surface area contributed by atoms with Gasteiger partial charge in [-0.15, -0.1) is 0 Å². The molecule has 2 heterocycles. The first-order valence-corrected chi connectivity index (χ1v) is 10.5. The molecule has 2 aromatic rings. The summed E-state index contributed by atoms with van der Waals surface area (Å²) >= 11 is 1.30. The molecule has 1 atom stereocenters. The Morgan fingerprint density at radius 2 is 1.97 bits per heavy atom. The molecular formula is C23H24FN3OS. The summed E-state index contributed by atoms with van der Waals surface area (Å²) in [7, 11) is 2.14. The number of hydrogen-bond donors (Lipinski definition) is 1. The molecule has 1 fully saturated rings. The molecule has 1 saturated heterocycles. The van der Waals surface area contributed by atoms with E-state index in [-0.39, 0.29) is 17.3 Å². The van der Waals surface area contributed by atoms with E-state index in [1.165, 1.54) is 35.1 Å². The molecule has 4 rings (SSSR count). The van der Waals surface area contributed by atoms with E-state index in [4.69, 9.17) is 0 Å². The molecule has 29 heavy (non-hydrogen) atoms. The largest absolute Gasteiger partial charge is 0.369 e. The molecule has 0 radical (unpaired) electrons. The lowest BCUT2D eigenvalue weighted by Gasteiger charge is -2.45. The van der Waals surface area contributed by atoms with Gasteiger partial charge in [0.2, 0.25) is 0 Å². The highest BCUT2D eigenvalue weighted by Gasteiger charge is 2.34.